The fourth-order valence-corrected chi connectivity index (χ4v) is 4.50. The molecule has 0 aromatic rings. The van der Waals surface area contributed by atoms with Gasteiger partial charge in [0.1, 0.15) is 5.70 Å². The molecule has 2 fully saturated rings. The first-order valence-electron chi connectivity index (χ1n) is 6.27. The quantitative estimate of drug-likeness (QED) is 0.435. The molecular formula is C12H14NNaO5S. The molecule has 0 aliphatic carbocycles. The Morgan fingerprint density at radius 2 is 2.30 bits per heavy atom. The molecule has 3 aliphatic rings. The van der Waals surface area contributed by atoms with Crippen molar-refractivity contribution in [2.75, 3.05) is 6.61 Å². The zero-order chi connectivity index (χ0) is 13.7. The summed E-state index contributed by atoms with van der Waals surface area (Å²) in [6.45, 7) is 2.06. The Labute approximate surface area is 142 Å². The van der Waals surface area contributed by atoms with Crippen molar-refractivity contribution in [1.29, 1.82) is 0 Å². The third-order valence-corrected chi connectivity index (χ3v) is 5.19. The third-order valence-electron chi connectivity index (χ3n) is 3.74. The molecular weight excluding hydrogens is 293 g/mol. The van der Waals surface area contributed by atoms with E-state index in [-0.39, 0.29) is 52.6 Å². The summed E-state index contributed by atoms with van der Waals surface area (Å²) in [4.78, 5) is 25.2. The summed E-state index contributed by atoms with van der Waals surface area (Å²) in [7, 11) is 0. The monoisotopic (exact) mass is 307 g/mol. The molecule has 0 unspecified atom stereocenters. The average Bonchev–Trinajstić information content (AvgIpc) is 2.92. The van der Waals surface area contributed by atoms with Crippen molar-refractivity contribution in [3.63, 3.8) is 0 Å². The Morgan fingerprint density at radius 3 is 2.80 bits per heavy atom. The van der Waals surface area contributed by atoms with Crippen LogP contribution in [0.15, 0.2) is 10.6 Å². The van der Waals surface area contributed by atoms with E-state index < -0.39 is 18.0 Å². The SMILES string of the molecule is C[C@@H]([O-])[C@H]1C(=O)N2C(C(=O)O)=C([C@@H]3CCCO3)S[C@H]12.[Na+]. The summed E-state index contributed by atoms with van der Waals surface area (Å²) in [5, 5.41) is 20.5. The number of hydrogen-bond acceptors (Lipinski definition) is 5. The molecule has 3 aliphatic heterocycles. The van der Waals surface area contributed by atoms with E-state index in [1.807, 2.05) is 0 Å². The third kappa shape index (κ3) is 2.34. The summed E-state index contributed by atoms with van der Waals surface area (Å²) in [6, 6.07) is 0. The van der Waals surface area contributed by atoms with Gasteiger partial charge in [0.25, 0.3) is 0 Å². The van der Waals surface area contributed by atoms with Crippen molar-refractivity contribution in [1.82, 2.24) is 4.90 Å². The summed E-state index contributed by atoms with van der Waals surface area (Å²) in [6.07, 6.45) is 0.407. The van der Waals surface area contributed by atoms with Gasteiger partial charge in [-0.25, -0.2) is 4.79 Å². The molecule has 104 valence electrons. The minimum Gasteiger partial charge on any atom is -0.852 e. The van der Waals surface area contributed by atoms with Gasteiger partial charge in [-0.1, -0.05) is 18.7 Å². The maximum Gasteiger partial charge on any atom is 1.00 e. The van der Waals surface area contributed by atoms with Crippen LogP contribution in [0.2, 0.25) is 0 Å². The molecule has 0 aromatic carbocycles. The van der Waals surface area contributed by atoms with Crippen LogP contribution < -0.4 is 34.7 Å². The summed E-state index contributed by atoms with van der Waals surface area (Å²) in [5.74, 6) is -2.12. The van der Waals surface area contributed by atoms with Crippen LogP contribution in [0.25, 0.3) is 0 Å². The van der Waals surface area contributed by atoms with E-state index in [0.29, 0.717) is 11.5 Å². The molecule has 3 heterocycles. The largest absolute Gasteiger partial charge is 1.00 e. The topological polar surface area (TPSA) is 89.9 Å². The molecule has 0 radical (unpaired) electrons. The summed E-state index contributed by atoms with van der Waals surface area (Å²) in [5.41, 5.74) is 0.0174. The van der Waals surface area contributed by atoms with Gasteiger partial charge < -0.3 is 14.9 Å². The number of hydrogen-bond donors (Lipinski definition) is 1. The van der Waals surface area contributed by atoms with Crippen LogP contribution in [-0.4, -0.2) is 46.1 Å². The first-order valence-corrected chi connectivity index (χ1v) is 7.15. The molecule has 3 rings (SSSR count). The van der Waals surface area contributed by atoms with Crippen LogP contribution in [-0.2, 0) is 14.3 Å². The van der Waals surface area contributed by atoms with Gasteiger partial charge in [-0.2, -0.15) is 0 Å². The average molecular weight is 307 g/mol. The van der Waals surface area contributed by atoms with Crippen molar-refractivity contribution < 1.29 is 54.1 Å². The Hall–Kier alpha value is -0.0500. The van der Waals surface area contributed by atoms with Gasteiger partial charge in [0.05, 0.1) is 17.4 Å². The predicted octanol–water partition coefficient (Wildman–Crippen LogP) is -3.25. The number of amides is 1. The van der Waals surface area contributed by atoms with Crippen LogP contribution >= 0.6 is 11.8 Å². The van der Waals surface area contributed by atoms with Crippen LogP contribution in [0.4, 0.5) is 0 Å². The zero-order valence-corrected chi connectivity index (χ0v) is 14.2. The van der Waals surface area contributed by atoms with Gasteiger partial charge in [-0.3, -0.25) is 9.69 Å². The normalized spacial score (nSPS) is 33.6. The second kappa shape index (κ2) is 5.98. The fraction of sp³-hybridized carbons (Fsp3) is 0.667. The minimum absolute atomic E-state index is 0. The standard InChI is InChI=1S/C12H14NO5S.Na/c1-5(14)7-10(15)13-8(12(16)17)9(19-11(7)13)6-3-2-4-18-6;/h5-7,11H,2-4H2,1H3,(H,16,17);/q-1;+1/t5-,6+,7+,11-;/m1./s1. The summed E-state index contributed by atoms with van der Waals surface area (Å²) < 4.78 is 5.51. The smallest absolute Gasteiger partial charge is 0.852 e. The van der Waals surface area contributed by atoms with Gasteiger partial charge in [0, 0.05) is 11.5 Å². The Bertz CT molecular complexity index is 474. The number of carbonyl (C=O) groups excluding carboxylic acids is 1. The number of β-lactam (4-membered cyclic amide) rings is 1. The van der Waals surface area contributed by atoms with Crippen molar-refractivity contribution in [2.24, 2.45) is 5.92 Å². The number of carboxylic acids is 1. The number of fused-ring (bicyclic) bond motifs is 1. The number of aliphatic carboxylic acids is 1. The second-order valence-corrected chi connectivity index (χ2v) is 6.13. The first-order chi connectivity index (χ1) is 9.02. The molecule has 1 N–H and O–H groups in total. The van der Waals surface area contributed by atoms with E-state index in [0.717, 1.165) is 12.8 Å². The molecule has 1 amide bonds. The van der Waals surface area contributed by atoms with E-state index in [9.17, 15) is 19.8 Å². The second-order valence-electron chi connectivity index (χ2n) is 4.97. The number of rotatable bonds is 3. The number of carbonyl (C=O) groups is 2. The van der Waals surface area contributed by atoms with Crippen LogP contribution in [0.5, 0.6) is 0 Å². The van der Waals surface area contributed by atoms with Gasteiger partial charge in [0.15, 0.2) is 0 Å². The minimum atomic E-state index is -1.12. The fourth-order valence-electron chi connectivity index (χ4n) is 2.81. The Morgan fingerprint density at radius 1 is 1.60 bits per heavy atom. The molecule has 4 atom stereocenters. The van der Waals surface area contributed by atoms with Crippen molar-refractivity contribution in [2.45, 2.75) is 37.3 Å². The van der Waals surface area contributed by atoms with Crippen LogP contribution in [0.1, 0.15) is 19.8 Å². The maximum absolute atomic E-state index is 11.9. The molecule has 8 heteroatoms. The van der Waals surface area contributed by atoms with Crippen molar-refractivity contribution in [3.05, 3.63) is 10.6 Å². The van der Waals surface area contributed by atoms with E-state index in [1.54, 1.807) is 0 Å². The number of ether oxygens (including phenoxy) is 1. The molecule has 6 nitrogen and oxygen atoms in total. The van der Waals surface area contributed by atoms with E-state index in [2.05, 4.69) is 0 Å². The molecule has 0 spiro atoms. The van der Waals surface area contributed by atoms with E-state index >= 15 is 0 Å². The molecule has 2 saturated heterocycles. The van der Waals surface area contributed by atoms with E-state index in [1.165, 1.54) is 23.6 Å². The van der Waals surface area contributed by atoms with E-state index in [4.69, 9.17) is 4.74 Å². The zero-order valence-electron chi connectivity index (χ0n) is 11.4. The van der Waals surface area contributed by atoms with Crippen molar-refractivity contribution in [3.8, 4) is 0 Å². The number of thioether (sulfide) groups is 1. The molecule has 0 bridgehead atoms. The van der Waals surface area contributed by atoms with Crippen molar-refractivity contribution >= 4 is 23.6 Å². The van der Waals surface area contributed by atoms with Gasteiger partial charge in [-0.05, 0) is 12.8 Å². The molecule has 0 aromatic heterocycles. The predicted molar refractivity (Wildman–Crippen MR) is 64.8 cm³/mol. The Balaban J connectivity index is 0.00000147. The molecule has 20 heavy (non-hydrogen) atoms. The Kier molecular flexibility index (Phi) is 4.88. The maximum atomic E-state index is 11.9. The van der Waals surface area contributed by atoms with Gasteiger partial charge >= 0.3 is 35.5 Å². The molecule has 0 saturated carbocycles. The van der Waals surface area contributed by atoms with Gasteiger partial charge in [0.2, 0.25) is 5.91 Å². The summed E-state index contributed by atoms with van der Waals surface area (Å²) >= 11 is 1.31. The number of carboxylic acid groups (broad SMARTS) is 1. The van der Waals surface area contributed by atoms with Gasteiger partial charge in [-0.15, -0.1) is 6.10 Å². The number of nitrogens with zero attached hydrogens (tertiary/aromatic N) is 1. The first kappa shape index (κ1) is 16.3. The van der Waals surface area contributed by atoms with Crippen LogP contribution in [0.3, 0.4) is 0 Å². The van der Waals surface area contributed by atoms with Crippen LogP contribution in [0, 0.1) is 5.92 Å².